The molecular formula is C23H15F6N5O4. The summed E-state index contributed by atoms with van der Waals surface area (Å²) in [6.45, 7) is 0. The van der Waals surface area contributed by atoms with Crippen LogP contribution in [0.5, 0.6) is 11.5 Å². The molecule has 4 rings (SSSR count). The van der Waals surface area contributed by atoms with E-state index in [1.165, 1.54) is 48.5 Å². The van der Waals surface area contributed by atoms with Gasteiger partial charge in [0.15, 0.2) is 17.3 Å². The first kappa shape index (κ1) is 26.1. The molecule has 9 nitrogen and oxygen atoms in total. The number of nitrogens with zero attached hydrogens (tertiary/aromatic N) is 2. The number of para-hydroxylation sites is 5. The Morgan fingerprint density at radius 2 is 1.18 bits per heavy atom. The molecule has 1 heterocycles. The molecule has 0 aliphatic heterocycles. The molecule has 4 aromatic rings. The largest absolute Gasteiger partial charge is 0.573 e. The molecule has 3 amide bonds. The zero-order valence-electron chi connectivity index (χ0n) is 18.7. The molecule has 0 spiro atoms. The predicted octanol–water partition coefficient (Wildman–Crippen LogP) is 6.56. The van der Waals surface area contributed by atoms with Crippen molar-refractivity contribution in [2.45, 2.75) is 12.7 Å². The molecule has 0 atom stereocenters. The highest BCUT2D eigenvalue weighted by molar-refractivity contribution is 6.07. The Hall–Kier alpha value is -4.95. The number of hydrogen-bond acceptors (Lipinski definition) is 5. The number of carbonyl (C=O) groups is 2. The van der Waals surface area contributed by atoms with Crippen molar-refractivity contribution in [2.75, 3.05) is 16.0 Å². The second-order valence-electron chi connectivity index (χ2n) is 7.37. The number of urea groups is 1. The monoisotopic (exact) mass is 539 g/mol. The number of nitrogens with one attached hydrogen (secondary N) is 3. The van der Waals surface area contributed by atoms with Gasteiger partial charge >= 0.3 is 24.8 Å². The summed E-state index contributed by atoms with van der Waals surface area (Å²) in [5, 5.41) is 11.1. The maximum absolute atomic E-state index is 12.9. The first-order valence-corrected chi connectivity index (χ1v) is 10.5. The average Bonchev–Trinajstić information content (AvgIpc) is 3.18. The molecule has 3 aromatic carbocycles. The molecule has 38 heavy (non-hydrogen) atoms. The standard InChI is InChI=1S/C23H15F6N5O4/c24-22(25,26)37-17-11-5-2-8-14(17)30-20(35)32-19-13-7-1-4-10-16(13)34(33-19)21(36)31-15-9-3-6-12-18(15)38-23(27,28)29/h1-12H,(H,31,36)(H2,30,32,33,35). The number of alkyl halides is 6. The minimum absolute atomic E-state index is 0.162. The van der Waals surface area contributed by atoms with Crippen LogP contribution in [-0.4, -0.2) is 34.6 Å². The molecule has 3 N–H and O–H groups in total. The third-order valence-corrected chi connectivity index (χ3v) is 4.73. The Morgan fingerprint density at radius 3 is 1.76 bits per heavy atom. The molecule has 198 valence electrons. The summed E-state index contributed by atoms with van der Waals surface area (Å²) in [6, 6.07) is 13.7. The van der Waals surface area contributed by atoms with Crippen molar-refractivity contribution in [3.63, 3.8) is 0 Å². The Labute approximate surface area is 208 Å². The third-order valence-electron chi connectivity index (χ3n) is 4.73. The van der Waals surface area contributed by atoms with E-state index in [0.29, 0.717) is 0 Å². The van der Waals surface area contributed by atoms with Crippen molar-refractivity contribution in [3.05, 3.63) is 72.8 Å². The van der Waals surface area contributed by atoms with Crippen LogP contribution in [0.4, 0.5) is 53.1 Å². The number of hydrogen-bond donors (Lipinski definition) is 3. The lowest BCUT2D eigenvalue weighted by Gasteiger charge is -2.14. The number of rotatable bonds is 5. The molecule has 0 bridgehead atoms. The van der Waals surface area contributed by atoms with E-state index >= 15 is 0 Å². The SMILES string of the molecule is O=C(Nc1ccccc1OC(F)(F)F)Nc1nn(C(=O)Nc2ccccc2OC(F)(F)F)c2ccccc12. The fraction of sp³-hybridized carbons (Fsp3) is 0.0870. The summed E-state index contributed by atoms with van der Waals surface area (Å²) >= 11 is 0. The van der Waals surface area contributed by atoms with Crippen LogP contribution in [0.1, 0.15) is 0 Å². The predicted molar refractivity (Wildman–Crippen MR) is 123 cm³/mol. The summed E-state index contributed by atoms with van der Waals surface area (Å²) in [6.07, 6.45) is -10.0. The molecule has 15 heteroatoms. The fourth-order valence-electron chi connectivity index (χ4n) is 3.31. The molecule has 0 aliphatic carbocycles. The van der Waals surface area contributed by atoms with Gasteiger partial charge in [-0.3, -0.25) is 5.32 Å². The number of aromatic nitrogens is 2. The van der Waals surface area contributed by atoms with Crippen LogP contribution in [0.2, 0.25) is 0 Å². The topological polar surface area (TPSA) is 107 Å². The second-order valence-corrected chi connectivity index (χ2v) is 7.37. The molecule has 0 fully saturated rings. The second kappa shape index (κ2) is 10.2. The van der Waals surface area contributed by atoms with Gasteiger partial charge in [0, 0.05) is 5.39 Å². The highest BCUT2D eigenvalue weighted by atomic mass is 19.4. The number of benzene rings is 3. The maximum atomic E-state index is 12.9. The van der Waals surface area contributed by atoms with Gasteiger partial charge in [-0.1, -0.05) is 36.4 Å². The number of ether oxygens (including phenoxy) is 2. The van der Waals surface area contributed by atoms with Crippen LogP contribution >= 0.6 is 0 Å². The highest BCUT2D eigenvalue weighted by Gasteiger charge is 2.33. The van der Waals surface area contributed by atoms with Crippen LogP contribution in [-0.2, 0) is 0 Å². The van der Waals surface area contributed by atoms with Crippen LogP contribution in [0.25, 0.3) is 10.9 Å². The van der Waals surface area contributed by atoms with Crippen LogP contribution in [0, 0.1) is 0 Å². The van der Waals surface area contributed by atoms with E-state index in [1.54, 1.807) is 12.1 Å². The third kappa shape index (κ3) is 6.43. The lowest BCUT2D eigenvalue weighted by Crippen LogP contribution is -2.24. The molecule has 0 aliphatic rings. The van der Waals surface area contributed by atoms with Crippen molar-refractivity contribution in [3.8, 4) is 11.5 Å². The summed E-state index contributed by atoms with van der Waals surface area (Å²) in [5.74, 6) is -1.49. The van der Waals surface area contributed by atoms with E-state index in [0.717, 1.165) is 16.8 Å². The summed E-state index contributed by atoms with van der Waals surface area (Å²) in [7, 11) is 0. The number of amides is 3. The first-order chi connectivity index (χ1) is 17.9. The number of anilines is 3. The van der Waals surface area contributed by atoms with E-state index in [-0.39, 0.29) is 28.1 Å². The van der Waals surface area contributed by atoms with Gasteiger partial charge in [0.05, 0.1) is 16.9 Å². The van der Waals surface area contributed by atoms with Crippen molar-refractivity contribution in [1.82, 2.24) is 9.78 Å². The smallest absolute Gasteiger partial charge is 0.404 e. The maximum Gasteiger partial charge on any atom is 0.573 e. The van der Waals surface area contributed by atoms with E-state index in [4.69, 9.17) is 0 Å². The Morgan fingerprint density at radius 1 is 0.684 bits per heavy atom. The van der Waals surface area contributed by atoms with Gasteiger partial charge < -0.3 is 20.1 Å². The van der Waals surface area contributed by atoms with Crippen molar-refractivity contribution in [2.24, 2.45) is 0 Å². The lowest BCUT2D eigenvalue weighted by atomic mass is 10.2. The van der Waals surface area contributed by atoms with Crippen molar-refractivity contribution < 1.29 is 45.4 Å². The van der Waals surface area contributed by atoms with E-state index in [9.17, 15) is 35.9 Å². The van der Waals surface area contributed by atoms with Gasteiger partial charge in [-0.2, -0.15) is 4.68 Å². The Bertz CT molecular complexity index is 1490. The first-order valence-electron chi connectivity index (χ1n) is 10.5. The average molecular weight is 539 g/mol. The Balaban J connectivity index is 1.57. The zero-order chi connectivity index (χ0) is 27.5. The summed E-state index contributed by atoms with van der Waals surface area (Å²) < 4.78 is 84.7. The van der Waals surface area contributed by atoms with Crippen LogP contribution < -0.4 is 25.4 Å². The molecule has 0 unspecified atom stereocenters. The quantitative estimate of drug-likeness (QED) is 0.249. The molecule has 0 saturated heterocycles. The fourth-order valence-corrected chi connectivity index (χ4v) is 3.31. The van der Waals surface area contributed by atoms with Crippen LogP contribution in [0.3, 0.4) is 0 Å². The van der Waals surface area contributed by atoms with E-state index < -0.39 is 36.3 Å². The summed E-state index contributed by atoms with van der Waals surface area (Å²) in [4.78, 5) is 25.5. The highest BCUT2D eigenvalue weighted by Crippen LogP contribution is 2.32. The molecule has 0 saturated carbocycles. The number of fused-ring (bicyclic) bond motifs is 1. The lowest BCUT2D eigenvalue weighted by molar-refractivity contribution is -0.275. The van der Waals surface area contributed by atoms with Gasteiger partial charge in [-0.25, -0.2) is 9.59 Å². The van der Waals surface area contributed by atoms with E-state index in [2.05, 4.69) is 30.5 Å². The number of carbonyl (C=O) groups excluding carboxylic acids is 2. The normalized spacial score (nSPS) is 11.6. The minimum Gasteiger partial charge on any atom is -0.404 e. The molecule has 1 aromatic heterocycles. The zero-order valence-corrected chi connectivity index (χ0v) is 18.7. The van der Waals surface area contributed by atoms with Gasteiger partial charge in [0.25, 0.3) is 0 Å². The van der Waals surface area contributed by atoms with Gasteiger partial charge in [-0.05, 0) is 36.4 Å². The van der Waals surface area contributed by atoms with Gasteiger partial charge in [-0.15, -0.1) is 31.4 Å². The van der Waals surface area contributed by atoms with Gasteiger partial charge in [0.2, 0.25) is 0 Å². The van der Waals surface area contributed by atoms with Crippen LogP contribution in [0.15, 0.2) is 72.8 Å². The number of halogens is 6. The van der Waals surface area contributed by atoms with E-state index in [1.807, 2.05) is 0 Å². The molecule has 0 radical (unpaired) electrons. The van der Waals surface area contributed by atoms with Crippen molar-refractivity contribution >= 4 is 40.2 Å². The summed E-state index contributed by atoms with van der Waals surface area (Å²) in [5.41, 5.74) is -0.441. The molecular weight excluding hydrogens is 524 g/mol. The Kier molecular flexibility index (Phi) is 7.01. The van der Waals surface area contributed by atoms with Crippen molar-refractivity contribution in [1.29, 1.82) is 0 Å². The van der Waals surface area contributed by atoms with Gasteiger partial charge in [0.1, 0.15) is 0 Å². The minimum atomic E-state index is -5.01.